The minimum atomic E-state index is -0.425. The molecule has 0 unspecified atom stereocenters. The lowest BCUT2D eigenvalue weighted by atomic mass is 10.1. The number of hydrogen-bond donors (Lipinski definition) is 1. The quantitative estimate of drug-likeness (QED) is 0.628. The van der Waals surface area contributed by atoms with Crippen molar-refractivity contribution in [2.75, 3.05) is 13.2 Å². The number of nitrogens with zero attached hydrogens (tertiary/aromatic N) is 2. The number of aromatic nitrogens is 2. The highest BCUT2D eigenvalue weighted by molar-refractivity contribution is 5.92. The van der Waals surface area contributed by atoms with Crippen LogP contribution in [0.5, 0.6) is 5.75 Å². The van der Waals surface area contributed by atoms with E-state index in [1.54, 1.807) is 0 Å². The lowest BCUT2D eigenvalue weighted by Gasteiger charge is -2.08. The van der Waals surface area contributed by atoms with E-state index in [1.807, 2.05) is 24.3 Å². The van der Waals surface area contributed by atoms with Crippen LogP contribution in [0.1, 0.15) is 16.1 Å². The molecule has 3 aromatic rings. The molecule has 0 aliphatic rings. The minimum absolute atomic E-state index is 0.0898. The van der Waals surface area contributed by atoms with Crippen LogP contribution < -0.4 is 15.6 Å². The summed E-state index contributed by atoms with van der Waals surface area (Å²) in [6.07, 6.45) is 5.76. The Morgan fingerprint density at radius 3 is 2.52 bits per heavy atom. The summed E-state index contributed by atoms with van der Waals surface area (Å²) in [5.74, 6) is 2.25. The van der Waals surface area contributed by atoms with Gasteiger partial charge in [-0.15, -0.1) is 6.42 Å². The predicted molar refractivity (Wildman–Crippen MR) is 107 cm³/mol. The number of carbonyl (C=O) groups excluding carboxylic acids is 1. The molecule has 0 radical (unpaired) electrons. The summed E-state index contributed by atoms with van der Waals surface area (Å²) in [7, 11) is 0. The number of terminal acetylenes is 1. The molecular formula is C22H18FN3O3. The number of carbonyl (C=O) groups is 1. The Balaban J connectivity index is 1.61. The molecule has 0 atom stereocenters. The molecule has 0 fully saturated rings. The predicted octanol–water partition coefficient (Wildman–Crippen LogP) is 2.36. The van der Waals surface area contributed by atoms with Crippen LogP contribution in [-0.4, -0.2) is 28.8 Å². The van der Waals surface area contributed by atoms with E-state index in [4.69, 9.17) is 11.2 Å². The van der Waals surface area contributed by atoms with Gasteiger partial charge in [-0.05, 0) is 54.4 Å². The van der Waals surface area contributed by atoms with Crippen LogP contribution in [0.4, 0.5) is 4.39 Å². The van der Waals surface area contributed by atoms with Gasteiger partial charge in [0.2, 0.25) is 0 Å². The molecule has 1 aromatic heterocycles. The number of ether oxygens (including phenoxy) is 1. The van der Waals surface area contributed by atoms with Crippen molar-refractivity contribution < 1.29 is 13.9 Å². The van der Waals surface area contributed by atoms with E-state index in [0.717, 1.165) is 10.2 Å². The van der Waals surface area contributed by atoms with E-state index >= 15 is 0 Å². The number of hydrogen-bond acceptors (Lipinski definition) is 4. The third kappa shape index (κ3) is 5.30. The molecule has 1 amide bonds. The summed E-state index contributed by atoms with van der Waals surface area (Å²) in [5, 5.41) is 6.84. The van der Waals surface area contributed by atoms with Crippen LogP contribution in [0.2, 0.25) is 0 Å². The van der Waals surface area contributed by atoms with Gasteiger partial charge in [0.1, 0.15) is 23.9 Å². The second kappa shape index (κ2) is 9.33. The second-order valence-electron chi connectivity index (χ2n) is 6.09. The van der Waals surface area contributed by atoms with Gasteiger partial charge in [-0.2, -0.15) is 9.78 Å². The van der Waals surface area contributed by atoms with Crippen LogP contribution in [0, 0.1) is 18.2 Å². The first-order valence-electron chi connectivity index (χ1n) is 8.86. The zero-order valence-corrected chi connectivity index (χ0v) is 15.5. The van der Waals surface area contributed by atoms with Crippen molar-refractivity contribution in [1.82, 2.24) is 15.1 Å². The number of amides is 1. The van der Waals surface area contributed by atoms with Crippen LogP contribution in [-0.2, 0) is 6.42 Å². The standard InChI is InChI=1S/C22H18FN3O3/c1-2-15-29-19-9-3-16(4-10-19)13-14-24-22(28)20-11-12-21(27)26(25-20)18-7-5-17(23)6-8-18/h1,3-12H,13-15H2,(H,24,28). The van der Waals surface area contributed by atoms with Gasteiger partial charge >= 0.3 is 0 Å². The summed E-state index contributed by atoms with van der Waals surface area (Å²) in [5.41, 5.74) is 1.06. The number of rotatable bonds is 7. The van der Waals surface area contributed by atoms with Gasteiger partial charge in [0.05, 0.1) is 5.69 Å². The van der Waals surface area contributed by atoms with Gasteiger partial charge in [-0.1, -0.05) is 18.1 Å². The topological polar surface area (TPSA) is 73.2 Å². The summed E-state index contributed by atoms with van der Waals surface area (Å²) in [4.78, 5) is 24.4. The fourth-order valence-electron chi connectivity index (χ4n) is 2.59. The first kappa shape index (κ1) is 19.8. The fraction of sp³-hybridized carbons (Fsp3) is 0.136. The smallest absolute Gasteiger partial charge is 0.271 e. The third-order valence-electron chi connectivity index (χ3n) is 4.05. The Kier molecular flexibility index (Phi) is 6.38. The maximum absolute atomic E-state index is 13.1. The summed E-state index contributed by atoms with van der Waals surface area (Å²) in [6.45, 7) is 0.600. The molecule has 0 spiro atoms. The molecule has 0 aliphatic heterocycles. The number of benzene rings is 2. The lowest BCUT2D eigenvalue weighted by Crippen LogP contribution is -2.30. The van der Waals surface area contributed by atoms with Crippen molar-refractivity contribution >= 4 is 5.91 Å². The van der Waals surface area contributed by atoms with Gasteiger partial charge in [-0.25, -0.2) is 4.39 Å². The van der Waals surface area contributed by atoms with Crippen molar-refractivity contribution in [2.45, 2.75) is 6.42 Å². The molecule has 1 N–H and O–H groups in total. The molecule has 0 aliphatic carbocycles. The Bertz CT molecular complexity index is 1080. The fourth-order valence-corrected chi connectivity index (χ4v) is 2.59. The second-order valence-corrected chi connectivity index (χ2v) is 6.09. The maximum atomic E-state index is 13.1. The largest absolute Gasteiger partial charge is 0.481 e. The van der Waals surface area contributed by atoms with E-state index in [1.165, 1.54) is 36.4 Å². The van der Waals surface area contributed by atoms with E-state index in [0.29, 0.717) is 24.4 Å². The Labute approximate surface area is 167 Å². The Morgan fingerprint density at radius 2 is 1.83 bits per heavy atom. The maximum Gasteiger partial charge on any atom is 0.271 e. The van der Waals surface area contributed by atoms with Crippen LogP contribution in [0.3, 0.4) is 0 Å². The average molecular weight is 391 g/mol. The summed E-state index contributed by atoms with van der Waals surface area (Å²) >= 11 is 0. The van der Waals surface area contributed by atoms with Gasteiger partial charge in [0.15, 0.2) is 0 Å². The number of halogens is 1. The molecule has 0 saturated carbocycles. The summed E-state index contributed by atoms with van der Waals surface area (Å²) < 4.78 is 19.5. The van der Waals surface area contributed by atoms with Crippen molar-refractivity contribution in [3.05, 3.63) is 88.1 Å². The van der Waals surface area contributed by atoms with E-state index in [9.17, 15) is 14.0 Å². The molecule has 7 heteroatoms. The van der Waals surface area contributed by atoms with Gasteiger partial charge in [0.25, 0.3) is 11.5 Å². The normalized spacial score (nSPS) is 10.2. The first-order chi connectivity index (χ1) is 14.1. The first-order valence-corrected chi connectivity index (χ1v) is 8.86. The SMILES string of the molecule is C#CCOc1ccc(CCNC(=O)c2ccc(=O)n(-c3ccc(F)cc3)n2)cc1. The lowest BCUT2D eigenvalue weighted by molar-refractivity contribution is 0.0947. The molecule has 6 nitrogen and oxygen atoms in total. The third-order valence-corrected chi connectivity index (χ3v) is 4.05. The van der Waals surface area contributed by atoms with E-state index in [-0.39, 0.29) is 12.3 Å². The summed E-state index contributed by atoms with van der Waals surface area (Å²) in [6, 6.07) is 15.3. The highest BCUT2D eigenvalue weighted by Crippen LogP contribution is 2.12. The highest BCUT2D eigenvalue weighted by atomic mass is 19.1. The Morgan fingerprint density at radius 1 is 1.10 bits per heavy atom. The number of nitrogens with one attached hydrogen (secondary N) is 1. The van der Waals surface area contributed by atoms with E-state index < -0.39 is 17.3 Å². The molecule has 2 aromatic carbocycles. The van der Waals surface area contributed by atoms with Crippen molar-refractivity contribution in [2.24, 2.45) is 0 Å². The van der Waals surface area contributed by atoms with Gasteiger partial charge < -0.3 is 10.1 Å². The molecule has 146 valence electrons. The molecule has 0 saturated heterocycles. The minimum Gasteiger partial charge on any atom is -0.481 e. The molecule has 29 heavy (non-hydrogen) atoms. The molecule has 0 bridgehead atoms. The average Bonchev–Trinajstić information content (AvgIpc) is 2.74. The molecule has 1 heterocycles. The molecule has 3 rings (SSSR count). The highest BCUT2D eigenvalue weighted by Gasteiger charge is 2.10. The van der Waals surface area contributed by atoms with Gasteiger partial charge in [0, 0.05) is 12.6 Å². The molecular weight excluding hydrogens is 373 g/mol. The Hall–Kier alpha value is -3.92. The van der Waals surface area contributed by atoms with E-state index in [2.05, 4.69) is 16.3 Å². The van der Waals surface area contributed by atoms with Crippen molar-refractivity contribution in [3.63, 3.8) is 0 Å². The zero-order chi connectivity index (χ0) is 20.6. The van der Waals surface area contributed by atoms with Crippen LogP contribution in [0.25, 0.3) is 5.69 Å². The van der Waals surface area contributed by atoms with Crippen LogP contribution in [0.15, 0.2) is 65.5 Å². The van der Waals surface area contributed by atoms with Crippen LogP contribution >= 0.6 is 0 Å². The zero-order valence-electron chi connectivity index (χ0n) is 15.5. The van der Waals surface area contributed by atoms with Crippen molar-refractivity contribution in [3.8, 4) is 23.8 Å². The van der Waals surface area contributed by atoms with Gasteiger partial charge in [-0.3, -0.25) is 9.59 Å². The monoisotopic (exact) mass is 391 g/mol. The van der Waals surface area contributed by atoms with Crippen molar-refractivity contribution in [1.29, 1.82) is 0 Å².